The molecule has 4 nitrogen and oxygen atoms in total. The van der Waals surface area contributed by atoms with Gasteiger partial charge in [0, 0.05) is 20.5 Å². The van der Waals surface area contributed by atoms with Crippen LogP contribution < -0.4 is 4.74 Å². The van der Waals surface area contributed by atoms with E-state index in [1.807, 2.05) is 0 Å². The number of nitrogens with zero attached hydrogens (tertiary/aromatic N) is 1. The van der Waals surface area contributed by atoms with Crippen molar-refractivity contribution in [1.29, 1.82) is 0 Å². The smallest absolute Gasteiger partial charge is 0.274 e. The van der Waals surface area contributed by atoms with Crippen molar-refractivity contribution in [2.24, 2.45) is 0 Å². The first-order chi connectivity index (χ1) is 8.53. The molecule has 0 N–H and O–H groups in total. The summed E-state index contributed by atoms with van der Waals surface area (Å²) in [6, 6.07) is 6.90. The second kappa shape index (κ2) is 4.29. The number of Topliss-reactive ketones (excluding diaryl/α,β-unsaturated/α-hetero) is 1. The van der Waals surface area contributed by atoms with Crippen LogP contribution in [0.2, 0.25) is 0 Å². The van der Waals surface area contributed by atoms with E-state index in [0.717, 1.165) is 0 Å². The van der Waals surface area contributed by atoms with E-state index in [1.54, 1.807) is 38.4 Å². The Balaban J connectivity index is 2.51. The molecule has 1 atom stereocenters. The maximum atomic E-state index is 12.4. The fraction of sp³-hybridized carbons (Fsp3) is 0.286. The van der Waals surface area contributed by atoms with E-state index in [0.29, 0.717) is 11.3 Å². The molecule has 0 aliphatic carbocycles. The van der Waals surface area contributed by atoms with E-state index >= 15 is 0 Å². The molecule has 2 rings (SSSR count). The fourth-order valence-corrected chi connectivity index (χ4v) is 2.12. The molecule has 1 aromatic rings. The van der Waals surface area contributed by atoms with Gasteiger partial charge in [-0.15, -0.1) is 6.58 Å². The van der Waals surface area contributed by atoms with Crippen molar-refractivity contribution in [3.8, 4) is 5.75 Å². The predicted molar refractivity (Wildman–Crippen MR) is 67.6 cm³/mol. The number of fused-ring (bicyclic) bond motifs is 1. The molecular weight excluding hydrogens is 230 g/mol. The summed E-state index contributed by atoms with van der Waals surface area (Å²) in [6.45, 7) is 3.61. The molecule has 0 saturated heterocycles. The molecule has 18 heavy (non-hydrogen) atoms. The number of carbonyl (C=O) groups is 2. The lowest BCUT2D eigenvalue weighted by molar-refractivity contribution is -0.140. The highest BCUT2D eigenvalue weighted by atomic mass is 16.5. The summed E-state index contributed by atoms with van der Waals surface area (Å²) in [7, 11) is 3.21. The number of likely N-dealkylation sites (N-methyl/N-ethyl adjacent to an activating group) is 1. The lowest BCUT2D eigenvalue weighted by atomic mass is 9.90. The zero-order chi connectivity index (χ0) is 13.3. The highest BCUT2D eigenvalue weighted by Gasteiger charge is 2.53. The van der Waals surface area contributed by atoms with Crippen LogP contribution in [0.3, 0.4) is 0 Å². The number of hydrogen-bond acceptors (Lipinski definition) is 3. The van der Waals surface area contributed by atoms with Crippen LogP contribution in [0.5, 0.6) is 5.75 Å². The van der Waals surface area contributed by atoms with Gasteiger partial charge in [-0.2, -0.15) is 0 Å². The van der Waals surface area contributed by atoms with Gasteiger partial charge in [0.25, 0.3) is 11.5 Å². The zero-order valence-corrected chi connectivity index (χ0v) is 10.5. The Bertz CT molecular complexity index is 522. The van der Waals surface area contributed by atoms with Crippen LogP contribution in [-0.4, -0.2) is 36.3 Å². The largest absolute Gasteiger partial charge is 0.468 e. The maximum Gasteiger partial charge on any atom is 0.274 e. The van der Waals surface area contributed by atoms with E-state index in [9.17, 15) is 9.59 Å². The van der Waals surface area contributed by atoms with Gasteiger partial charge in [-0.3, -0.25) is 9.59 Å². The second-order valence-corrected chi connectivity index (χ2v) is 4.45. The minimum atomic E-state index is -1.48. The SMILES string of the molecule is C=CCC1(C(=O)N(C)C)Oc2ccccc2C1=O. The van der Waals surface area contributed by atoms with Gasteiger partial charge < -0.3 is 9.64 Å². The zero-order valence-electron chi connectivity index (χ0n) is 10.5. The molecule has 1 aliphatic heterocycles. The molecule has 0 spiro atoms. The molecule has 0 bridgehead atoms. The molecule has 0 fully saturated rings. The average Bonchev–Trinajstić information content (AvgIpc) is 2.64. The Hall–Kier alpha value is -2.10. The Kier molecular flexibility index (Phi) is 2.95. The lowest BCUT2D eigenvalue weighted by Gasteiger charge is -2.27. The van der Waals surface area contributed by atoms with Gasteiger partial charge in [0.05, 0.1) is 5.56 Å². The third kappa shape index (κ3) is 1.61. The summed E-state index contributed by atoms with van der Waals surface area (Å²) in [5.41, 5.74) is -1.02. The van der Waals surface area contributed by atoms with Crippen molar-refractivity contribution in [2.45, 2.75) is 12.0 Å². The first kappa shape index (κ1) is 12.4. The maximum absolute atomic E-state index is 12.4. The topological polar surface area (TPSA) is 46.6 Å². The predicted octanol–water partition coefficient (Wildman–Crippen LogP) is 1.66. The number of para-hydroxylation sites is 1. The molecular formula is C14H15NO3. The molecule has 4 heteroatoms. The van der Waals surface area contributed by atoms with Crippen LogP contribution >= 0.6 is 0 Å². The summed E-state index contributed by atoms with van der Waals surface area (Å²) in [5, 5.41) is 0. The Morgan fingerprint density at radius 3 is 2.67 bits per heavy atom. The normalized spacial score (nSPS) is 21.1. The standard InChI is InChI=1S/C14H15NO3/c1-4-9-14(13(17)15(2)3)12(16)10-7-5-6-8-11(10)18-14/h4-8H,1,9H2,2-3H3. The van der Waals surface area contributed by atoms with Crippen molar-refractivity contribution >= 4 is 11.7 Å². The van der Waals surface area contributed by atoms with Gasteiger partial charge >= 0.3 is 0 Å². The fourth-order valence-electron chi connectivity index (χ4n) is 2.12. The third-order valence-electron chi connectivity index (χ3n) is 2.97. The second-order valence-electron chi connectivity index (χ2n) is 4.45. The molecule has 1 unspecified atom stereocenters. The number of ketones is 1. The molecule has 1 aliphatic rings. The van der Waals surface area contributed by atoms with Gasteiger partial charge in [-0.25, -0.2) is 0 Å². The van der Waals surface area contributed by atoms with Crippen LogP contribution in [0.15, 0.2) is 36.9 Å². The Morgan fingerprint density at radius 1 is 1.44 bits per heavy atom. The molecule has 1 aromatic carbocycles. The summed E-state index contributed by atoms with van der Waals surface area (Å²) in [6.07, 6.45) is 1.70. The highest BCUT2D eigenvalue weighted by Crippen LogP contribution is 2.37. The van der Waals surface area contributed by atoms with E-state index in [-0.39, 0.29) is 18.1 Å². The van der Waals surface area contributed by atoms with Crippen LogP contribution in [-0.2, 0) is 4.79 Å². The molecule has 0 saturated carbocycles. The van der Waals surface area contributed by atoms with E-state index in [1.165, 1.54) is 11.0 Å². The van der Waals surface area contributed by atoms with Gasteiger partial charge in [0.2, 0.25) is 5.78 Å². The summed E-state index contributed by atoms with van der Waals surface area (Å²) in [5.74, 6) is -0.195. The molecule has 1 heterocycles. The number of amides is 1. The number of ether oxygens (including phenoxy) is 1. The van der Waals surface area contributed by atoms with Crippen molar-refractivity contribution in [1.82, 2.24) is 4.90 Å². The third-order valence-corrected chi connectivity index (χ3v) is 2.97. The quantitative estimate of drug-likeness (QED) is 0.601. The Labute approximate surface area is 106 Å². The number of carbonyl (C=O) groups excluding carboxylic acids is 2. The van der Waals surface area contributed by atoms with Crippen molar-refractivity contribution in [3.63, 3.8) is 0 Å². The monoisotopic (exact) mass is 245 g/mol. The van der Waals surface area contributed by atoms with E-state index < -0.39 is 5.60 Å². The first-order valence-corrected chi connectivity index (χ1v) is 5.68. The van der Waals surface area contributed by atoms with Crippen molar-refractivity contribution in [3.05, 3.63) is 42.5 Å². The van der Waals surface area contributed by atoms with Crippen LogP contribution in [0.4, 0.5) is 0 Å². The van der Waals surface area contributed by atoms with Gasteiger partial charge in [0.15, 0.2) is 0 Å². The van der Waals surface area contributed by atoms with Gasteiger partial charge in [-0.05, 0) is 12.1 Å². The van der Waals surface area contributed by atoms with Crippen LogP contribution in [0.25, 0.3) is 0 Å². The molecule has 1 amide bonds. The molecule has 0 radical (unpaired) electrons. The van der Waals surface area contributed by atoms with Crippen LogP contribution in [0.1, 0.15) is 16.8 Å². The average molecular weight is 245 g/mol. The van der Waals surface area contributed by atoms with E-state index in [4.69, 9.17) is 4.74 Å². The number of benzene rings is 1. The molecule has 94 valence electrons. The number of hydrogen-bond donors (Lipinski definition) is 0. The van der Waals surface area contributed by atoms with Crippen molar-refractivity contribution < 1.29 is 14.3 Å². The minimum Gasteiger partial charge on any atom is -0.468 e. The van der Waals surface area contributed by atoms with Gasteiger partial charge in [0.1, 0.15) is 5.75 Å². The summed E-state index contributed by atoms with van der Waals surface area (Å²) in [4.78, 5) is 26.1. The summed E-state index contributed by atoms with van der Waals surface area (Å²) >= 11 is 0. The van der Waals surface area contributed by atoms with E-state index in [2.05, 4.69) is 6.58 Å². The molecule has 0 aromatic heterocycles. The van der Waals surface area contributed by atoms with Gasteiger partial charge in [-0.1, -0.05) is 18.2 Å². The minimum absolute atomic E-state index is 0.164. The first-order valence-electron chi connectivity index (χ1n) is 5.68. The summed E-state index contributed by atoms with van der Waals surface area (Å²) < 4.78 is 5.66. The van der Waals surface area contributed by atoms with Crippen LogP contribution in [0, 0.1) is 0 Å². The number of rotatable bonds is 3. The van der Waals surface area contributed by atoms with Crippen molar-refractivity contribution in [2.75, 3.05) is 14.1 Å². The lowest BCUT2D eigenvalue weighted by Crippen LogP contribution is -2.53. The highest BCUT2D eigenvalue weighted by molar-refractivity contribution is 6.20. The Morgan fingerprint density at radius 2 is 2.11 bits per heavy atom.